The Balaban J connectivity index is 5.14. The average Bonchev–Trinajstić information content (AvgIpc) is 2.62. The number of halogens is 8. The molecule has 0 aromatic heterocycles. The minimum atomic E-state index is -5.98. The van der Waals surface area contributed by atoms with Crippen LogP contribution in [0.5, 0.6) is 0 Å². The molecule has 0 heterocycles. The second-order valence-corrected chi connectivity index (χ2v) is 17.9. The lowest BCUT2D eigenvalue weighted by Crippen LogP contribution is -2.54. The minimum Gasteiger partial charge on any atom is -0.460 e. The Hall–Kier alpha value is -1.53. The molecule has 0 aromatic rings. The fourth-order valence-corrected chi connectivity index (χ4v) is 10.5. The molecule has 0 aliphatic heterocycles. The van der Waals surface area contributed by atoms with Crippen LogP contribution in [-0.2, 0) is 27.9 Å². The SMILES string of the molecule is CCCOC(COC(=O)C=CC(=O)OC(F)(F)C(F)(F)C(F)CC(F)(F)F)[Si](C)(C)O[Si](C)(C)C. The molecule has 206 valence electrons. The Morgan fingerprint density at radius 2 is 1.43 bits per heavy atom. The van der Waals surface area contributed by atoms with E-state index in [2.05, 4.69) is 4.74 Å². The highest BCUT2D eigenvalue weighted by Crippen LogP contribution is 2.43. The van der Waals surface area contributed by atoms with Crippen LogP contribution >= 0.6 is 0 Å². The summed E-state index contributed by atoms with van der Waals surface area (Å²) < 4.78 is 123. The summed E-state index contributed by atoms with van der Waals surface area (Å²) in [5.41, 5.74) is -0.628. The molecule has 0 amide bonds. The first kappa shape index (κ1) is 33.5. The van der Waals surface area contributed by atoms with Gasteiger partial charge in [-0.3, -0.25) is 0 Å². The van der Waals surface area contributed by atoms with Crippen molar-refractivity contribution in [1.82, 2.24) is 0 Å². The lowest BCUT2D eigenvalue weighted by Gasteiger charge is -2.37. The molecule has 0 saturated heterocycles. The smallest absolute Gasteiger partial charge is 0.460 e. The van der Waals surface area contributed by atoms with Crippen LogP contribution in [0.2, 0.25) is 32.7 Å². The van der Waals surface area contributed by atoms with E-state index in [-0.39, 0.29) is 18.8 Å². The number of carbonyl (C=O) groups is 2. The van der Waals surface area contributed by atoms with E-state index in [1.54, 1.807) is 0 Å². The normalized spacial score (nSPS) is 15.7. The molecule has 0 saturated carbocycles. The molecule has 16 heteroatoms. The van der Waals surface area contributed by atoms with E-state index in [4.69, 9.17) is 13.6 Å². The van der Waals surface area contributed by atoms with E-state index in [1.807, 2.05) is 39.7 Å². The quantitative estimate of drug-likeness (QED) is 0.120. The molecule has 0 fully saturated rings. The molecule has 0 rings (SSSR count). The summed E-state index contributed by atoms with van der Waals surface area (Å²) in [6.45, 7) is 11.4. The molecule has 0 bridgehead atoms. The summed E-state index contributed by atoms with van der Waals surface area (Å²) in [7, 11) is -4.55. The van der Waals surface area contributed by atoms with Crippen LogP contribution < -0.4 is 0 Å². The molecule has 6 nitrogen and oxygen atoms in total. The molecule has 0 spiro atoms. The minimum absolute atomic E-state index is 0.00757. The molecule has 0 aliphatic carbocycles. The van der Waals surface area contributed by atoms with Gasteiger partial charge < -0.3 is 18.3 Å². The Morgan fingerprint density at radius 1 is 0.914 bits per heavy atom. The molecular formula is C19H30F8O6Si2. The first-order chi connectivity index (χ1) is 15.5. The van der Waals surface area contributed by atoms with Crippen molar-refractivity contribution in [2.45, 2.75) is 82.6 Å². The summed E-state index contributed by atoms with van der Waals surface area (Å²) in [5.74, 6) is -9.47. The molecule has 2 unspecified atom stereocenters. The Kier molecular flexibility index (Phi) is 12.1. The van der Waals surface area contributed by atoms with Crippen molar-refractivity contribution in [3.8, 4) is 0 Å². The fourth-order valence-electron chi connectivity index (χ4n) is 2.65. The Morgan fingerprint density at radius 3 is 1.89 bits per heavy atom. The number of rotatable bonds is 14. The number of hydrogen-bond donors (Lipinski definition) is 0. The van der Waals surface area contributed by atoms with Crippen molar-refractivity contribution in [2.75, 3.05) is 13.2 Å². The van der Waals surface area contributed by atoms with Gasteiger partial charge in [-0.25, -0.2) is 14.0 Å². The highest BCUT2D eigenvalue weighted by Gasteiger charge is 2.66. The Labute approximate surface area is 200 Å². The lowest BCUT2D eigenvalue weighted by atomic mass is 10.1. The van der Waals surface area contributed by atoms with Crippen molar-refractivity contribution in [3.05, 3.63) is 12.2 Å². The maximum atomic E-state index is 13.5. The number of esters is 2. The molecule has 2 atom stereocenters. The van der Waals surface area contributed by atoms with Crippen LogP contribution in [0, 0.1) is 0 Å². The van der Waals surface area contributed by atoms with Gasteiger partial charge in [0.1, 0.15) is 12.3 Å². The average molecular weight is 563 g/mol. The summed E-state index contributed by atoms with van der Waals surface area (Å²) in [6.07, 6.45) is -17.8. The predicted octanol–water partition coefficient (Wildman–Crippen LogP) is 5.54. The van der Waals surface area contributed by atoms with E-state index in [1.165, 1.54) is 0 Å². The molecule has 0 N–H and O–H groups in total. The van der Waals surface area contributed by atoms with Gasteiger partial charge in [-0.15, -0.1) is 0 Å². The third-order valence-corrected chi connectivity index (χ3v) is 10.5. The summed E-state index contributed by atoms with van der Waals surface area (Å²) >= 11 is 0. The maximum absolute atomic E-state index is 13.5. The van der Waals surface area contributed by atoms with Crippen molar-refractivity contribution in [3.63, 3.8) is 0 Å². The van der Waals surface area contributed by atoms with Crippen LogP contribution in [0.15, 0.2) is 12.2 Å². The van der Waals surface area contributed by atoms with Crippen LogP contribution in [0.1, 0.15) is 19.8 Å². The highest BCUT2D eigenvalue weighted by molar-refractivity contribution is 6.84. The van der Waals surface area contributed by atoms with Gasteiger partial charge in [0.15, 0.2) is 14.5 Å². The molecule has 0 radical (unpaired) electrons. The van der Waals surface area contributed by atoms with Gasteiger partial charge in [-0.1, -0.05) is 6.92 Å². The topological polar surface area (TPSA) is 71.1 Å². The van der Waals surface area contributed by atoms with E-state index in [0.29, 0.717) is 13.0 Å². The molecular weight excluding hydrogens is 532 g/mol. The largest absolute Gasteiger partial charge is 0.469 e. The van der Waals surface area contributed by atoms with Crippen LogP contribution in [0.25, 0.3) is 0 Å². The van der Waals surface area contributed by atoms with Crippen LogP contribution in [-0.4, -0.2) is 71.9 Å². The monoisotopic (exact) mass is 562 g/mol. The first-order valence-corrected chi connectivity index (χ1v) is 16.8. The van der Waals surface area contributed by atoms with E-state index in [0.717, 1.165) is 0 Å². The second kappa shape index (κ2) is 12.6. The maximum Gasteiger partial charge on any atom is 0.469 e. The summed E-state index contributed by atoms with van der Waals surface area (Å²) in [5, 5.41) is 0. The van der Waals surface area contributed by atoms with Gasteiger partial charge in [0.25, 0.3) is 0 Å². The van der Waals surface area contributed by atoms with E-state index in [9.17, 15) is 44.7 Å². The van der Waals surface area contributed by atoms with Crippen molar-refractivity contribution in [1.29, 1.82) is 0 Å². The number of alkyl halides is 8. The summed E-state index contributed by atoms with van der Waals surface area (Å²) in [4.78, 5) is 23.3. The highest BCUT2D eigenvalue weighted by atomic mass is 28.4. The molecule has 0 aromatic carbocycles. The van der Waals surface area contributed by atoms with Crippen LogP contribution in [0.3, 0.4) is 0 Å². The zero-order valence-corrected chi connectivity index (χ0v) is 22.1. The van der Waals surface area contributed by atoms with Crippen molar-refractivity contribution in [2.24, 2.45) is 0 Å². The van der Waals surface area contributed by atoms with Gasteiger partial charge in [0.2, 0.25) is 8.32 Å². The van der Waals surface area contributed by atoms with Gasteiger partial charge in [-0.05, 0) is 39.2 Å². The number of hydrogen-bond acceptors (Lipinski definition) is 6. The fraction of sp³-hybridized carbons (Fsp3) is 0.789. The van der Waals surface area contributed by atoms with Crippen LogP contribution in [0.4, 0.5) is 35.1 Å². The van der Waals surface area contributed by atoms with Crippen molar-refractivity contribution >= 4 is 28.6 Å². The van der Waals surface area contributed by atoms with E-state index >= 15 is 0 Å². The zero-order chi connectivity index (χ0) is 27.9. The molecule has 35 heavy (non-hydrogen) atoms. The third-order valence-electron chi connectivity index (χ3n) is 4.02. The van der Waals surface area contributed by atoms with Gasteiger partial charge >= 0.3 is 30.1 Å². The summed E-state index contributed by atoms with van der Waals surface area (Å²) in [6, 6.07) is 0. The van der Waals surface area contributed by atoms with Gasteiger partial charge in [-0.2, -0.15) is 30.7 Å². The first-order valence-electron chi connectivity index (χ1n) is 10.4. The van der Waals surface area contributed by atoms with Crippen molar-refractivity contribution < 1.29 is 63.0 Å². The second-order valence-electron chi connectivity index (χ2n) is 8.99. The lowest BCUT2D eigenvalue weighted by molar-refractivity contribution is -0.349. The zero-order valence-electron chi connectivity index (χ0n) is 20.1. The van der Waals surface area contributed by atoms with Gasteiger partial charge in [0.05, 0.1) is 6.42 Å². The van der Waals surface area contributed by atoms with Gasteiger partial charge in [0, 0.05) is 18.8 Å². The number of ether oxygens (including phenoxy) is 3. The van der Waals surface area contributed by atoms with E-state index < -0.39 is 65.1 Å². The number of carbonyl (C=O) groups excluding carboxylic acids is 2. The predicted molar refractivity (Wildman–Crippen MR) is 114 cm³/mol. The standard InChI is InChI=1S/C19H30F8O6Si2/c1-7-10-30-16(35(5,6)33-34(2,3)4)12-31-14(28)8-9-15(29)32-19(26,27)18(24,25)13(20)11-17(21,22)23/h8-9,13,16H,7,10-12H2,1-6H3. The Bertz CT molecular complexity index is 738. The third kappa shape index (κ3) is 12.3. The molecule has 0 aliphatic rings.